The van der Waals surface area contributed by atoms with Crippen LogP contribution in [0.15, 0.2) is 11.6 Å². The van der Waals surface area contributed by atoms with Crippen LogP contribution in [0.4, 0.5) is 0 Å². The molecule has 0 amide bonds. The summed E-state index contributed by atoms with van der Waals surface area (Å²) in [5.41, 5.74) is -2.73. The van der Waals surface area contributed by atoms with E-state index in [4.69, 9.17) is 23.7 Å². The highest BCUT2D eigenvalue weighted by atomic mass is 16.7. The van der Waals surface area contributed by atoms with Gasteiger partial charge in [-0.2, -0.15) is 0 Å². The summed E-state index contributed by atoms with van der Waals surface area (Å²) in [7, 11) is 1.11. The first kappa shape index (κ1) is 45.9. The minimum Gasteiger partial charge on any atom is -0.481 e. The SMILES string of the molecule is COC(=O)C1C(OC2C(O)CC3(C)C4CCC5(C)C6C(O)C(O)C(C(C)C(=O)O)C6(C)CCC5(C)C4=CC(=O)C3C2(C)C)OCC(OC2OC(CO)C(O)C(O)C2O)C1O. The Labute approximate surface area is 350 Å². The molecule has 22 unspecified atom stereocenters. The maximum absolute atomic E-state index is 14.8. The Balaban J connectivity index is 1.14. The third-order valence-corrected chi connectivity index (χ3v) is 17.4. The van der Waals surface area contributed by atoms with Crippen molar-refractivity contribution in [2.75, 3.05) is 20.3 Å². The summed E-state index contributed by atoms with van der Waals surface area (Å²) in [5, 5.41) is 97.5. The minimum atomic E-state index is -1.78. The number of hydrogen-bond acceptors (Lipinski definition) is 16. The zero-order chi connectivity index (χ0) is 44.4. The van der Waals surface area contributed by atoms with Crippen molar-refractivity contribution in [1.29, 1.82) is 0 Å². The number of carbonyl (C=O) groups is 3. The lowest BCUT2D eigenvalue weighted by Gasteiger charge is -2.69. The van der Waals surface area contributed by atoms with E-state index in [9.17, 15) is 60.3 Å². The monoisotopic (exact) mass is 854 g/mol. The number of allylic oxidation sites excluding steroid dienone is 2. The van der Waals surface area contributed by atoms with Crippen LogP contribution in [-0.4, -0.2) is 158 Å². The molecule has 0 radical (unpaired) electrons. The summed E-state index contributed by atoms with van der Waals surface area (Å²) in [6, 6.07) is 0. The quantitative estimate of drug-likeness (QED) is 0.144. The van der Waals surface area contributed by atoms with Crippen molar-refractivity contribution in [3.8, 4) is 0 Å². The van der Waals surface area contributed by atoms with Crippen molar-refractivity contribution >= 4 is 17.7 Å². The Morgan fingerprint density at radius 1 is 0.850 bits per heavy atom. The number of fused-ring (bicyclic) bond motifs is 7. The Morgan fingerprint density at radius 2 is 1.52 bits per heavy atom. The van der Waals surface area contributed by atoms with Gasteiger partial charge in [0, 0.05) is 17.3 Å². The molecule has 7 aliphatic rings. The number of carboxylic acids is 1. The first-order valence-corrected chi connectivity index (χ1v) is 21.4. The van der Waals surface area contributed by atoms with Crippen molar-refractivity contribution in [3.05, 3.63) is 11.6 Å². The standard InChI is InChI=1S/C43H66O17/c1-17(35(53)54)25-28(49)30(51)33-40(25,4)11-12-42(6)19-13-20(45)32-39(2,3)34(21(46)14-41(32,5)18(19)9-10-43(33,42)7)60-37-24(36(55)56-8)26(47)23(16-57-37)59-38-31(52)29(50)27(48)22(15-44)58-38/h13,17-18,21-34,37-38,44,46-52H,9-12,14-16H2,1-8H3,(H,53,54). The van der Waals surface area contributed by atoms with Gasteiger partial charge in [-0.15, -0.1) is 0 Å². The van der Waals surface area contributed by atoms with Crippen molar-refractivity contribution in [3.63, 3.8) is 0 Å². The van der Waals surface area contributed by atoms with Gasteiger partial charge in [0.15, 0.2) is 18.4 Å². The lowest BCUT2D eigenvalue weighted by Crippen LogP contribution is -2.67. The number of methoxy groups -OCH3 is 1. The molecule has 4 saturated carbocycles. The average molecular weight is 855 g/mol. The van der Waals surface area contributed by atoms with Gasteiger partial charge in [0.25, 0.3) is 0 Å². The number of aliphatic hydroxyl groups is 8. The van der Waals surface area contributed by atoms with Gasteiger partial charge in [-0.25, -0.2) is 0 Å². The van der Waals surface area contributed by atoms with E-state index in [0.717, 1.165) is 12.7 Å². The first-order valence-electron chi connectivity index (χ1n) is 21.4. The van der Waals surface area contributed by atoms with Crippen LogP contribution in [0.5, 0.6) is 0 Å². The number of carbonyl (C=O) groups excluding carboxylic acids is 2. The van der Waals surface area contributed by atoms with Crippen LogP contribution in [-0.2, 0) is 38.1 Å². The van der Waals surface area contributed by atoms with Crippen LogP contribution in [0.25, 0.3) is 0 Å². The fraction of sp³-hybridized carbons (Fsp3) is 0.884. The number of ketones is 1. The Bertz CT molecular complexity index is 1720. The van der Waals surface area contributed by atoms with Crippen LogP contribution >= 0.6 is 0 Å². The molecule has 5 aliphatic carbocycles. The number of rotatable bonds is 8. The van der Waals surface area contributed by atoms with Crippen LogP contribution in [0.2, 0.25) is 0 Å². The Hall–Kier alpha value is -2.13. The highest BCUT2D eigenvalue weighted by molar-refractivity contribution is 5.95. The maximum Gasteiger partial charge on any atom is 0.316 e. The molecule has 6 fully saturated rings. The molecule has 0 aromatic carbocycles. The molecular weight excluding hydrogens is 788 g/mol. The van der Waals surface area contributed by atoms with E-state index in [-0.39, 0.29) is 18.1 Å². The summed E-state index contributed by atoms with van der Waals surface area (Å²) in [5.74, 6) is -6.43. The van der Waals surface area contributed by atoms with E-state index in [1.54, 1.807) is 13.0 Å². The largest absolute Gasteiger partial charge is 0.481 e. The molecule has 2 saturated heterocycles. The molecular formula is C43H66O17. The molecule has 17 heteroatoms. The molecule has 0 bridgehead atoms. The van der Waals surface area contributed by atoms with Gasteiger partial charge in [-0.1, -0.05) is 54.0 Å². The second-order valence-corrected chi connectivity index (χ2v) is 20.7. The van der Waals surface area contributed by atoms with Crippen LogP contribution < -0.4 is 0 Å². The number of aliphatic carboxylic acids is 1. The fourth-order valence-corrected chi connectivity index (χ4v) is 14.5. The molecule has 60 heavy (non-hydrogen) atoms. The fourth-order valence-electron chi connectivity index (χ4n) is 14.5. The Morgan fingerprint density at radius 3 is 2.13 bits per heavy atom. The summed E-state index contributed by atoms with van der Waals surface area (Å²) in [4.78, 5) is 40.3. The van der Waals surface area contributed by atoms with Crippen LogP contribution in [0.3, 0.4) is 0 Å². The van der Waals surface area contributed by atoms with E-state index >= 15 is 0 Å². The first-order chi connectivity index (χ1) is 27.9. The lowest BCUT2D eigenvalue weighted by atomic mass is 9.35. The molecule has 9 N–H and O–H groups in total. The summed E-state index contributed by atoms with van der Waals surface area (Å²) in [6.07, 6.45) is -12.9. The Kier molecular flexibility index (Phi) is 11.9. The maximum atomic E-state index is 14.8. The third-order valence-electron chi connectivity index (χ3n) is 17.4. The normalized spacial score (nSPS) is 52.8. The molecule has 2 heterocycles. The number of ether oxygens (including phenoxy) is 5. The molecule has 0 aromatic rings. The van der Waals surface area contributed by atoms with Crippen molar-refractivity contribution in [2.45, 2.75) is 154 Å². The predicted octanol–water partition coefficient (Wildman–Crippen LogP) is -0.103. The molecule has 0 aromatic heterocycles. The number of hydrogen-bond donors (Lipinski definition) is 9. The van der Waals surface area contributed by atoms with Gasteiger partial charge in [-0.3, -0.25) is 14.4 Å². The average Bonchev–Trinajstić information content (AvgIpc) is 3.38. The molecule has 7 rings (SSSR count). The van der Waals surface area contributed by atoms with Crippen LogP contribution in [0, 0.1) is 62.6 Å². The van der Waals surface area contributed by atoms with Gasteiger partial charge in [-0.05, 0) is 71.7 Å². The molecule has 2 aliphatic heterocycles. The molecule has 0 spiro atoms. The second-order valence-electron chi connectivity index (χ2n) is 20.7. The van der Waals surface area contributed by atoms with Crippen LogP contribution in [0.1, 0.15) is 80.6 Å². The van der Waals surface area contributed by atoms with E-state index in [2.05, 4.69) is 13.8 Å². The summed E-state index contributed by atoms with van der Waals surface area (Å²) < 4.78 is 28.7. The highest BCUT2D eigenvalue weighted by Gasteiger charge is 2.74. The highest BCUT2D eigenvalue weighted by Crippen LogP contribution is 2.76. The van der Waals surface area contributed by atoms with Gasteiger partial charge in [0.05, 0.1) is 50.7 Å². The number of carboxylic acid groups (broad SMARTS) is 1. The van der Waals surface area contributed by atoms with Gasteiger partial charge < -0.3 is 69.6 Å². The molecule has 22 atom stereocenters. The van der Waals surface area contributed by atoms with E-state index < -0.39 is 155 Å². The smallest absolute Gasteiger partial charge is 0.316 e. The van der Waals surface area contributed by atoms with E-state index in [1.165, 1.54) is 0 Å². The minimum absolute atomic E-state index is 0.147. The number of aliphatic hydroxyl groups excluding tert-OH is 8. The molecule has 340 valence electrons. The second kappa shape index (κ2) is 15.5. The predicted molar refractivity (Wildman–Crippen MR) is 206 cm³/mol. The summed E-state index contributed by atoms with van der Waals surface area (Å²) in [6.45, 7) is 12.4. The zero-order valence-corrected chi connectivity index (χ0v) is 35.7. The van der Waals surface area contributed by atoms with Gasteiger partial charge in [0.2, 0.25) is 0 Å². The van der Waals surface area contributed by atoms with Crippen molar-refractivity contribution < 1.29 is 84.0 Å². The third kappa shape index (κ3) is 6.42. The number of esters is 1. The molecule has 17 nitrogen and oxygen atoms in total. The van der Waals surface area contributed by atoms with Crippen molar-refractivity contribution in [1.82, 2.24) is 0 Å². The van der Waals surface area contributed by atoms with E-state index in [0.29, 0.717) is 25.7 Å². The zero-order valence-electron chi connectivity index (χ0n) is 35.7. The van der Waals surface area contributed by atoms with E-state index in [1.807, 2.05) is 27.7 Å². The van der Waals surface area contributed by atoms with Crippen molar-refractivity contribution in [2.24, 2.45) is 62.6 Å². The van der Waals surface area contributed by atoms with Gasteiger partial charge in [0.1, 0.15) is 42.5 Å². The topological polar surface area (TPSA) is 279 Å². The lowest BCUT2D eigenvalue weighted by molar-refractivity contribution is -0.346. The van der Waals surface area contributed by atoms with Gasteiger partial charge >= 0.3 is 11.9 Å². The summed E-state index contributed by atoms with van der Waals surface area (Å²) >= 11 is 0.